The molecule has 0 aliphatic carbocycles. The topological polar surface area (TPSA) is 66.0 Å². The number of rotatable bonds is 1. The van der Waals surface area contributed by atoms with Crippen molar-refractivity contribution in [3.8, 4) is 0 Å². The van der Waals surface area contributed by atoms with Gasteiger partial charge in [0.15, 0.2) is 0 Å². The van der Waals surface area contributed by atoms with Gasteiger partial charge in [-0.3, -0.25) is 4.79 Å². The first kappa shape index (κ1) is 12.7. The maximum atomic E-state index is 12.3. The van der Waals surface area contributed by atoms with Crippen molar-refractivity contribution in [2.24, 2.45) is 11.1 Å². The summed E-state index contributed by atoms with van der Waals surface area (Å²) in [6, 6.07) is 1.78. The van der Waals surface area contributed by atoms with Gasteiger partial charge < -0.3 is 14.5 Å². The molecule has 1 unspecified atom stereocenters. The lowest BCUT2D eigenvalue weighted by Gasteiger charge is -2.31. The second kappa shape index (κ2) is 4.84. The van der Waals surface area contributed by atoms with Crippen LogP contribution >= 0.6 is 0 Å². The number of piperidine rings is 1. The number of likely N-dealkylation sites (tertiary alicyclic amines) is 1. The highest BCUT2D eigenvalue weighted by Crippen LogP contribution is 2.20. The number of carbonyl (C=O) groups excluding carboxylic acids is 1. The second-order valence-corrected chi connectivity index (χ2v) is 4.82. The van der Waals surface area contributed by atoms with Crippen LogP contribution in [0.15, 0.2) is 15.6 Å². The molecule has 1 saturated heterocycles. The Morgan fingerprint density at radius 2 is 2.28 bits per heavy atom. The first-order valence-corrected chi connectivity index (χ1v) is 6.10. The lowest BCUT2D eigenvalue weighted by Crippen LogP contribution is -2.43. The summed E-state index contributed by atoms with van der Waals surface area (Å²) in [7, 11) is 0. The van der Waals surface area contributed by atoms with E-state index in [1.54, 1.807) is 17.9 Å². The Morgan fingerprint density at radius 3 is 2.78 bits per heavy atom. The lowest BCUT2D eigenvalue weighted by molar-refractivity contribution is 0.0732. The van der Waals surface area contributed by atoms with Crippen molar-refractivity contribution in [2.75, 3.05) is 13.1 Å². The number of hydrogen-bond acceptors (Lipinski definition) is 4. The van der Waals surface area contributed by atoms with E-state index in [0.717, 1.165) is 11.5 Å². The number of amides is 1. The van der Waals surface area contributed by atoms with Crippen LogP contribution in [0.2, 0.25) is 0 Å². The van der Waals surface area contributed by atoms with Crippen LogP contribution in [0.5, 0.6) is 0 Å². The zero-order valence-corrected chi connectivity index (χ0v) is 10.9. The maximum Gasteiger partial charge on any atom is 0.257 e. The number of nitrogens with zero attached hydrogens (tertiary/aromatic N) is 2. The van der Waals surface area contributed by atoms with Gasteiger partial charge in [-0.25, -0.2) is 0 Å². The fourth-order valence-electron chi connectivity index (χ4n) is 2.37. The van der Waals surface area contributed by atoms with E-state index in [2.05, 4.69) is 5.16 Å². The minimum atomic E-state index is -0.00631. The highest BCUT2D eigenvalue weighted by Gasteiger charge is 2.28. The molecule has 1 atom stereocenters. The van der Waals surface area contributed by atoms with E-state index < -0.39 is 0 Å². The number of furan rings is 1. The quantitative estimate of drug-likeness (QED) is 0.614. The van der Waals surface area contributed by atoms with Gasteiger partial charge in [-0.15, -0.1) is 0 Å². The van der Waals surface area contributed by atoms with Gasteiger partial charge in [0, 0.05) is 25.4 Å². The SMILES string of the molecule is Cc1cc(C(=O)N2CC/C(=N\O)C(C)C2)c(C)o1. The van der Waals surface area contributed by atoms with E-state index in [1.807, 2.05) is 13.8 Å². The first-order chi connectivity index (χ1) is 8.52. The largest absolute Gasteiger partial charge is 0.466 e. The van der Waals surface area contributed by atoms with Crippen molar-refractivity contribution >= 4 is 11.6 Å². The molecule has 1 fully saturated rings. The van der Waals surface area contributed by atoms with E-state index in [-0.39, 0.29) is 11.8 Å². The van der Waals surface area contributed by atoms with Gasteiger partial charge in [-0.2, -0.15) is 0 Å². The maximum absolute atomic E-state index is 12.3. The molecule has 18 heavy (non-hydrogen) atoms. The van der Waals surface area contributed by atoms with Crippen LogP contribution in [0.4, 0.5) is 0 Å². The molecule has 1 aromatic rings. The molecule has 0 spiro atoms. The lowest BCUT2D eigenvalue weighted by atomic mass is 9.97. The van der Waals surface area contributed by atoms with Crippen LogP contribution in [0.1, 0.15) is 35.2 Å². The van der Waals surface area contributed by atoms with Crippen molar-refractivity contribution < 1.29 is 14.4 Å². The minimum Gasteiger partial charge on any atom is -0.466 e. The third kappa shape index (κ3) is 2.25. The van der Waals surface area contributed by atoms with Crippen molar-refractivity contribution in [1.82, 2.24) is 4.90 Å². The molecule has 1 aromatic heterocycles. The highest BCUT2D eigenvalue weighted by atomic mass is 16.4. The molecule has 5 nitrogen and oxygen atoms in total. The molecule has 1 aliphatic rings. The predicted molar refractivity (Wildman–Crippen MR) is 67.1 cm³/mol. The van der Waals surface area contributed by atoms with Gasteiger partial charge in [0.2, 0.25) is 0 Å². The van der Waals surface area contributed by atoms with Crippen molar-refractivity contribution in [3.63, 3.8) is 0 Å². The third-order valence-electron chi connectivity index (χ3n) is 3.39. The van der Waals surface area contributed by atoms with Crippen LogP contribution in [0.3, 0.4) is 0 Å². The van der Waals surface area contributed by atoms with E-state index in [0.29, 0.717) is 30.8 Å². The summed E-state index contributed by atoms with van der Waals surface area (Å²) < 4.78 is 5.38. The summed E-state index contributed by atoms with van der Waals surface area (Å²) in [6.07, 6.45) is 0.624. The van der Waals surface area contributed by atoms with Crippen molar-refractivity contribution in [3.05, 3.63) is 23.2 Å². The fourth-order valence-corrected chi connectivity index (χ4v) is 2.37. The zero-order chi connectivity index (χ0) is 13.3. The highest BCUT2D eigenvalue weighted by molar-refractivity contribution is 5.97. The number of hydrogen-bond donors (Lipinski definition) is 1. The summed E-state index contributed by atoms with van der Waals surface area (Å²) in [6.45, 7) is 6.77. The van der Waals surface area contributed by atoms with E-state index in [9.17, 15) is 4.79 Å². The van der Waals surface area contributed by atoms with Crippen LogP contribution in [-0.2, 0) is 0 Å². The molecule has 0 radical (unpaired) electrons. The molecule has 2 rings (SSSR count). The Labute approximate surface area is 106 Å². The normalized spacial score (nSPS) is 22.5. The van der Waals surface area contributed by atoms with Gasteiger partial charge >= 0.3 is 0 Å². The number of carbonyl (C=O) groups is 1. The van der Waals surface area contributed by atoms with Gasteiger partial charge in [0.1, 0.15) is 11.5 Å². The second-order valence-electron chi connectivity index (χ2n) is 4.82. The standard InChI is InChI=1S/C13H18N2O3/c1-8-7-15(5-4-12(8)14-17)13(16)11-6-9(2)18-10(11)3/h6,8,17H,4-5,7H2,1-3H3/b14-12+. The van der Waals surface area contributed by atoms with E-state index >= 15 is 0 Å². The third-order valence-corrected chi connectivity index (χ3v) is 3.39. The number of oxime groups is 1. The molecular formula is C13H18N2O3. The monoisotopic (exact) mass is 250 g/mol. The fraction of sp³-hybridized carbons (Fsp3) is 0.538. The summed E-state index contributed by atoms with van der Waals surface area (Å²) >= 11 is 0. The molecule has 5 heteroatoms. The summed E-state index contributed by atoms with van der Waals surface area (Å²) in [5.74, 6) is 1.50. The van der Waals surface area contributed by atoms with Crippen LogP contribution in [-0.4, -0.2) is 34.8 Å². The van der Waals surface area contributed by atoms with Gasteiger partial charge in [0.25, 0.3) is 5.91 Å². The molecule has 98 valence electrons. The summed E-state index contributed by atoms with van der Waals surface area (Å²) in [4.78, 5) is 14.1. The molecule has 1 aliphatic heterocycles. The molecular weight excluding hydrogens is 232 g/mol. The minimum absolute atomic E-state index is 0.00631. The Morgan fingerprint density at radius 1 is 1.56 bits per heavy atom. The van der Waals surface area contributed by atoms with Gasteiger partial charge in [-0.05, 0) is 19.9 Å². The van der Waals surface area contributed by atoms with Crippen LogP contribution in [0, 0.1) is 19.8 Å². The molecule has 2 heterocycles. The zero-order valence-electron chi connectivity index (χ0n) is 10.9. The average Bonchev–Trinajstić information content (AvgIpc) is 2.67. The molecule has 1 amide bonds. The Balaban J connectivity index is 2.14. The van der Waals surface area contributed by atoms with Crippen molar-refractivity contribution in [2.45, 2.75) is 27.2 Å². The van der Waals surface area contributed by atoms with Crippen molar-refractivity contribution in [1.29, 1.82) is 0 Å². The molecule has 0 saturated carbocycles. The Hall–Kier alpha value is -1.78. The van der Waals surface area contributed by atoms with Gasteiger partial charge in [-0.1, -0.05) is 12.1 Å². The Kier molecular flexibility index (Phi) is 3.41. The summed E-state index contributed by atoms with van der Waals surface area (Å²) in [5, 5.41) is 12.1. The van der Waals surface area contributed by atoms with Crippen LogP contribution < -0.4 is 0 Å². The van der Waals surface area contributed by atoms with Crippen LogP contribution in [0.25, 0.3) is 0 Å². The Bertz CT molecular complexity index is 490. The number of aryl methyl sites for hydroxylation is 2. The van der Waals surface area contributed by atoms with Gasteiger partial charge in [0.05, 0.1) is 11.3 Å². The predicted octanol–water partition coefficient (Wildman–Crippen LogP) is 2.21. The summed E-state index contributed by atoms with van der Waals surface area (Å²) in [5.41, 5.74) is 1.39. The first-order valence-electron chi connectivity index (χ1n) is 6.10. The molecule has 0 aromatic carbocycles. The molecule has 1 N–H and O–H groups in total. The smallest absolute Gasteiger partial charge is 0.257 e. The molecule has 0 bridgehead atoms. The van der Waals surface area contributed by atoms with E-state index in [1.165, 1.54) is 0 Å². The average molecular weight is 250 g/mol. The van der Waals surface area contributed by atoms with E-state index in [4.69, 9.17) is 9.62 Å².